The fraction of sp³-hybridized carbons (Fsp3) is 0.769. The summed E-state index contributed by atoms with van der Waals surface area (Å²) in [5, 5.41) is 11.5. The van der Waals surface area contributed by atoms with Crippen LogP contribution in [0, 0.1) is 0 Å². The van der Waals surface area contributed by atoms with Crippen LogP contribution in [0.1, 0.15) is 44.9 Å². The lowest BCUT2D eigenvalue weighted by Gasteiger charge is -2.23. The van der Waals surface area contributed by atoms with Crippen LogP contribution in [0.4, 0.5) is 0 Å². The first-order valence-corrected chi connectivity index (χ1v) is 6.74. The van der Waals surface area contributed by atoms with E-state index in [9.17, 15) is 14.4 Å². The van der Waals surface area contributed by atoms with Crippen molar-refractivity contribution >= 4 is 17.8 Å². The van der Waals surface area contributed by atoms with Crippen LogP contribution in [0.5, 0.6) is 0 Å². The molecular formula is C13H22N2O5. The van der Waals surface area contributed by atoms with Gasteiger partial charge in [0.25, 0.3) is 0 Å². The molecule has 0 bridgehead atoms. The van der Waals surface area contributed by atoms with Crippen molar-refractivity contribution in [2.24, 2.45) is 5.73 Å². The molecule has 0 radical (unpaired) electrons. The summed E-state index contributed by atoms with van der Waals surface area (Å²) in [6.45, 7) is 0. The van der Waals surface area contributed by atoms with Crippen LogP contribution in [0.2, 0.25) is 0 Å². The Hall–Kier alpha value is -1.63. The lowest BCUT2D eigenvalue weighted by molar-refractivity contribution is -0.144. The summed E-state index contributed by atoms with van der Waals surface area (Å²) in [7, 11) is 1.23. The van der Waals surface area contributed by atoms with Gasteiger partial charge in [0.15, 0.2) is 0 Å². The summed E-state index contributed by atoms with van der Waals surface area (Å²) in [4.78, 5) is 33.9. The third-order valence-corrected chi connectivity index (χ3v) is 3.61. The second-order valence-electron chi connectivity index (χ2n) is 5.32. The molecule has 0 saturated heterocycles. The van der Waals surface area contributed by atoms with Crippen molar-refractivity contribution in [2.45, 2.75) is 56.5 Å². The Morgan fingerprint density at radius 3 is 2.45 bits per heavy atom. The summed E-state index contributed by atoms with van der Waals surface area (Å²) in [5.74, 6) is -2.05. The second kappa shape index (κ2) is 7.23. The Bertz CT molecular complexity index is 377. The highest BCUT2D eigenvalue weighted by atomic mass is 16.5. The van der Waals surface area contributed by atoms with Crippen LogP contribution >= 0.6 is 0 Å². The molecule has 0 aromatic heterocycles. The zero-order valence-electron chi connectivity index (χ0n) is 11.7. The molecule has 1 atom stereocenters. The monoisotopic (exact) mass is 286 g/mol. The summed E-state index contributed by atoms with van der Waals surface area (Å²) in [6.07, 6.45) is 3.62. The van der Waals surface area contributed by atoms with E-state index >= 15 is 0 Å². The molecule has 0 spiro atoms. The first kappa shape index (κ1) is 16.4. The number of methoxy groups -OCH3 is 1. The quantitative estimate of drug-likeness (QED) is 0.574. The van der Waals surface area contributed by atoms with Gasteiger partial charge in [0, 0.05) is 18.4 Å². The predicted molar refractivity (Wildman–Crippen MR) is 70.8 cm³/mol. The number of hydrogen-bond acceptors (Lipinski definition) is 5. The molecule has 0 aliphatic heterocycles. The van der Waals surface area contributed by atoms with Gasteiger partial charge in [0.1, 0.15) is 6.04 Å². The van der Waals surface area contributed by atoms with Crippen molar-refractivity contribution in [3.63, 3.8) is 0 Å². The molecule has 1 rings (SSSR count). The van der Waals surface area contributed by atoms with E-state index in [0.717, 1.165) is 25.7 Å². The highest BCUT2D eigenvalue weighted by Crippen LogP contribution is 2.29. The molecule has 1 aliphatic carbocycles. The van der Waals surface area contributed by atoms with Crippen molar-refractivity contribution in [1.29, 1.82) is 0 Å². The van der Waals surface area contributed by atoms with Gasteiger partial charge in [-0.1, -0.05) is 12.8 Å². The Kier molecular flexibility index (Phi) is 5.94. The van der Waals surface area contributed by atoms with Gasteiger partial charge in [-0.25, -0.2) is 4.79 Å². The molecule has 7 heteroatoms. The topological polar surface area (TPSA) is 119 Å². The van der Waals surface area contributed by atoms with Gasteiger partial charge in [-0.05, 0) is 19.3 Å². The first-order valence-electron chi connectivity index (χ1n) is 6.74. The standard InChI is InChI=1S/C13H22N2O5/c1-20-11(17)5-4-9(12(18)19)15-10(16)8-13(14)6-2-3-7-13/h9H,2-8,14H2,1H3,(H,15,16)(H,18,19)/t9-/m0/s1. The average molecular weight is 286 g/mol. The number of carbonyl (C=O) groups excluding carboxylic acids is 2. The van der Waals surface area contributed by atoms with Gasteiger partial charge in [0.2, 0.25) is 5.91 Å². The molecule has 1 aliphatic rings. The number of ether oxygens (including phenoxy) is 1. The minimum Gasteiger partial charge on any atom is -0.480 e. The summed E-state index contributed by atoms with van der Waals surface area (Å²) < 4.78 is 4.44. The smallest absolute Gasteiger partial charge is 0.326 e. The maximum Gasteiger partial charge on any atom is 0.326 e. The third-order valence-electron chi connectivity index (χ3n) is 3.61. The van der Waals surface area contributed by atoms with Crippen molar-refractivity contribution in [3.05, 3.63) is 0 Å². The van der Waals surface area contributed by atoms with Gasteiger partial charge in [-0.15, -0.1) is 0 Å². The fourth-order valence-corrected chi connectivity index (χ4v) is 2.44. The Balaban J connectivity index is 2.46. The van der Waals surface area contributed by atoms with Crippen LogP contribution in [-0.2, 0) is 19.1 Å². The third kappa shape index (κ3) is 5.16. The van der Waals surface area contributed by atoms with Gasteiger partial charge < -0.3 is 20.9 Å². The fourth-order valence-electron chi connectivity index (χ4n) is 2.44. The van der Waals surface area contributed by atoms with E-state index in [4.69, 9.17) is 10.8 Å². The van der Waals surface area contributed by atoms with E-state index in [0.29, 0.717) is 0 Å². The minimum atomic E-state index is -1.17. The maximum absolute atomic E-state index is 11.9. The van der Waals surface area contributed by atoms with Crippen LogP contribution in [0.25, 0.3) is 0 Å². The zero-order valence-corrected chi connectivity index (χ0v) is 11.7. The number of aliphatic carboxylic acids is 1. The van der Waals surface area contributed by atoms with Crippen LogP contribution in [0.15, 0.2) is 0 Å². The lowest BCUT2D eigenvalue weighted by Crippen LogP contribution is -2.47. The maximum atomic E-state index is 11.9. The van der Waals surface area contributed by atoms with Crippen molar-refractivity contribution in [3.8, 4) is 0 Å². The number of carboxylic acid groups (broad SMARTS) is 1. The van der Waals surface area contributed by atoms with Crippen molar-refractivity contribution in [2.75, 3.05) is 7.11 Å². The van der Waals surface area contributed by atoms with Crippen LogP contribution in [-0.4, -0.2) is 41.6 Å². The van der Waals surface area contributed by atoms with Gasteiger partial charge >= 0.3 is 11.9 Å². The number of nitrogens with two attached hydrogens (primary N) is 1. The van der Waals surface area contributed by atoms with E-state index < -0.39 is 23.5 Å². The van der Waals surface area contributed by atoms with E-state index in [-0.39, 0.29) is 25.2 Å². The minimum absolute atomic E-state index is 0.00528. The number of esters is 1. The highest BCUT2D eigenvalue weighted by Gasteiger charge is 2.33. The largest absolute Gasteiger partial charge is 0.480 e. The predicted octanol–water partition coefficient (Wildman–Crippen LogP) is 0.171. The SMILES string of the molecule is COC(=O)CC[C@H](NC(=O)CC1(N)CCCC1)C(=O)O. The number of carboxylic acids is 1. The van der Waals surface area contributed by atoms with E-state index in [1.54, 1.807) is 0 Å². The zero-order chi connectivity index (χ0) is 15.2. The van der Waals surface area contributed by atoms with E-state index in [2.05, 4.69) is 10.1 Å². The van der Waals surface area contributed by atoms with Gasteiger partial charge in [-0.2, -0.15) is 0 Å². The van der Waals surface area contributed by atoms with Crippen LogP contribution in [0.3, 0.4) is 0 Å². The molecule has 4 N–H and O–H groups in total. The Morgan fingerprint density at radius 1 is 1.35 bits per heavy atom. The molecule has 20 heavy (non-hydrogen) atoms. The summed E-state index contributed by atoms with van der Waals surface area (Å²) >= 11 is 0. The Morgan fingerprint density at radius 2 is 1.95 bits per heavy atom. The van der Waals surface area contributed by atoms with Crippen LogP contribution < -0.4 is 11.1 Å². The molecule has 114 valence electrons. The number of nitrogens with one attached hydrogen (secondary N) is 1. The lowest BCUT2D eigenvalue weighted by atomic mass is 9.94. The van der Waals surface area contributed by atoms with E-state index in [1.807, 2.05) is 0 Å². The highest BCUT2D eigenvalue weighted by molar-refractivity contribution is 5.84. The molecule has 0 aromatic rings. The summed E-state index contributed by atoms with van der Waals surface area (Å²) in [6, 6.07) is -1.09. The number of carbonyl (C=O) groups is 3. The van der Waals surface area contributed by atoms with Crippen molar-refractivity contribution in [1.82, 2.24) is 5.32 Å². The normalized spacial score (nSPS) is 18.3. The number of hydrogen-bond donors (Lipinski definition) is 3. The molecule has 0 heterocycles. The molecule has 1 saturated carbocycles. The molecular weight excluding hydrogens is 264 g/mol. The molecule has 1 fully saturated rings. The number of amides is 1. The van der Waals surface area contributed by atoms with Gasteiger partial charge in [0.05, 0.1) is 7.11 Å². The van der Waals surface area contributed by atoms with E-state index in [1.165, 1.54) is 7.11 Å². The second-order valence-corrected chi connectivity index (χ2v) is 5.32. The number of rotatable bonds is 7. The molecule has 7 nitrogen and oxygen atoms in total. The Labute approximate surface area is 117 Å². The molecule has 0 aromatic carbocycles. The average Bonchev–Trinajstić information content (AvgIpc) is 2.79. The van der Waals surface area contributed by atoms with Gasteiger partial charge in [-0.3, -0.25) is 9.59 Å². The summed E-state index contributed by atoms with van der Waals surface area (Å²) in [5.41, 5.74) is 5.55. The molecule has 1 amide bonds. The molecule has 0 unspecified atom stereocenters. The first-order chi connectivity index (χ1) is 9.36. The van der Waals surface area contributed by atoms with Crippen molar-refractivity contribution < 1.29 is 24.2 Å².